The Hall–Kier alpha value is -0.160. The molecule has 0 saturated carbocycles. The molecule has 0 atom stereocenters. The van der Waals surface area contributed by atoms with E-state index >= 15 is 0 Å². The molecule has 4 heteroatoms. The zero-order valence-electron chi connectivity index (χ0n) is 4.07. The van der Waals surface area contributed by atoms with Gasteiger partial charge in [-0.05, 0) is 0 Å². The van der Waals surface area contributed by atoms with Crippen LogP contribution in [0.3, 0.4) is 0 Å². The second-order valence-electron chi connectivity index (χ2n) is 1.49. The van der Waals surface area contributed by atoms with Crippen molar-refractivity contribution in [1.82, 2.24) is 16.0 Å². The van der Waals surface area contributed by atoms with E-state index in [1.165, 1.54) is 0 Å². The summed E-state index contributed by atoms with van der Waals surface area (Å²) in [7, 11) is 0. The highest BCUT2D eigenvalue weighted by atomic mass is 15.3. The van der Waals surface area contributed by atoms with Gasteiger partial charge in [0.2, 0.25) is 0 Å². The van der Waals surface area contributed by atoms with Gasteiger partial charge in [0.05, 0.1) is 0 Å². The van der Waals surface area contributed by atoms with Crippen LogP contribution >= 0.6 is 0 Å². The van der Waals surface area contributed by atoms with Gasteiger partial charge >= 0.3 is 0 Å². The van der Waals surface area contributed by atoms with E-state index in [1.54, 1.807) is 0 Å². The zero-order valence-corrected chi connectivity index (χ0v) is 4.07. The van der Waals surface area contributed by atoms with Crippen molar-refractivity contribution in [3.05, 3.63) is 0 Å². The number of hydrogen-bond acceptors (Lipinski definition) is 4. The van der Waals surface area contributed by atoms with E-state index in [-0.39, 0.29) is 6.29 Å². The molecule has 0 unspecified atom stereocenters. The topological polar surface area (TPSA) is 62.1 Å². The van der Waals surface area contributed by atoms with E-state index in [4.69, 9.17) is 5.73 Å². The second-order valence-corrected chi connectivity index (χ2v) is 1.49. The first-order valence-corrected chi connectivity index (χ1v) is 2.32. The fourth-order valence-electron chi connectivity index (χ4n) is 0.499. The van der Waals surface area contributed by atoms with Crippen LogP contribution in [-0.2, 0) is 0 Å². The average Bonchev–Trinajstić information content (AvgIpc) is 1.69. The van der Waals surface area contributed by atoms with E-state index in [9.17, 15) is 0 Å². The highest BCUT2D eigenvalue weighted by Gasteiger charge is 2.01. The Kier molecular flexibility index (Phi) is 1.59. The molecule has 5 N–H and O–H groups in total. The van der Waals surface area contributed by atoms with E-state index in [1.807, 2.05) is 0 Å². The number of nitrogens with one attached hydrogen (secondary N) is 3. The maximum atomic E-state index is 5.37. The lowest BCUT2D eigenvalue weighted by molar-refractivity contribution is 0.344. The van der Waals surface area contributed by atoms with Crippen molar-refractivity contribution in [2.75, 3.05) is 13.3 Å². The van der Waals surface area contributed by atoms with Crippen LogP contribution in [0.15, 0.2) is 0 Å². The van der Waals surface area contributed by atoms with Crippen LogP contribution in [0.25, 0.3) is 0 Å². The molecule has 0 spiro atoms. The zero-order chi connectivity index (χ0) is 5.11. The summed E-state index contributed by atoms with van der Waals surface area (Å²) in [5, 5.41) is 8.89. The first-order valence-electron chi connectivity index (χ1n) is 2.32. The van der Waals surface area contributed by atoms with Crippen LogP contribution in [0.4, 0.5) is 0 Å². The van der Waals surface area contributed by atoms with Gasteiger partial charge in [-0.15, -0.1) is 0 Å². The summed E-state index contributed by atoms with van der Waals surface area (Å²) in [4.78, 5) is 0. The third-order valence-electron chi connectivity index (χ3n) is 0.894. The Bertz CT molecular complexity index is 48.9. The molecule has 0 aromatic carbocycles. The molecule has 7 heavy (non-hydrogen) atoms. The molecular weight excluding hydrogens is 92.1 g/mol. The molecular formula is C3H10N4. The van der Waals surface area contributed by atoms with Crippen molar-refractivity contribution in [2.24, 2.45) is 5.73 Å². The van der Waals surface area contributed by atoms with Gasteiger partial charge in [0.25, 0.3) is 0 Å². The molecule has 0 bridgehead atoms. The third-order valence-corrected chi connectivity index (χ3v) is 0.894. The summed E-state index contributed by atoms with van der Waals surface area (Å²) in [6.07, 6.45) is -0.0266. The van der Waals surface area contributed by atoms with Crippen molar-refractivity contribution >= 4 is 0 Å². The van der Waals surface area contributed by atoms with Gasteiger partial charge in [0, 0.05) is 13.3 Å². The molecule has 42 valence electrons. The minimum atomic E-state index is -0.0266. The largest absolute Gasteiger partial charge is 0.304 e. The molecule has 1 aliphatic rings. The van der Waals surface area contributed by atoms with Crippen LogP contribution in [0.1, 0.15) is 0 Å². The highest BCUT2D eigenvalue weighted by molar-refractivity contribution is 4.59. The van der Waals surface area contributed by atoms with Gasteiger partial charge in [0.1, 0.15) is 6.29 Å². The normalized spacial score (nSPS) is 25.3. The lowest BCUT2D eigenvalue weighted by atomic mass is 10.7. The molecule has 1 fully saturated rings. The van der Waals surface area contributed by atoms with Crippen molar-refractivity contribution in [2.45, 2.75) is 6.29 Å². The van der Waals surface area contributed by atoms with Gasteiger partial charge < -0.3 is 5.73 Å². The van der Waals surface area contributed by atoms with Gasteiger partial charge in [-0.3, -0.25) is 16.0 Å². The van der Waals surface area contributed by atoms with Gasteiger partial charge in [0.15, 0.2) is 0 Å². The Morgan fingerprint density at radius 2 is 1.86 bits per heavy atom. The fourth-order valence-corrected chi connectivity index (χ4v) is 0.499. The molecule has 0 amide bonds. The lowest BCUT2D eigenvalue weighted by Gasteiger charge is -2.21. The van der Waals surface area contributed by atoms with Crippen molar-refractivity contribution in [1.29, 1.82) is 0 Å². The van der Waals surface area contributed by atoms with E-state index in [0.29, 0.717) is 0 Å². The van der Waals surface area contributed by atoms with Crippen LogP contribution in [0.2, 0.25) is 0 Å². The smallest absolute Gasteiger partial charge is 0.111 e. The molecule has 1 rings (SSSR count). The summed E-state index contributed by atoms with van der Waals surface area (Å²) in [6.45, 7) is 1.60. The van der Waals surface area contributed by atoms with E-state index < -0.39 is 0 Å². The summed E-state index contributed by atoms with van der Waals surface area (Å²) < 4.78 is 0. The van der Waals surface area contributed by atoms with E-state index in [2.05, 4.69) is 16.0 Å². The predicted octanol–water partition coefficient (Wildman–Crippen LogP) is -2.07. The number of nitrogens with two attached hydrogens (primary N) is 1. The van der Waals surface area contributed by atoms with Gasteiger partial charge in [-0.2, -0.15) is 0 Å². The van der Waals surface area contributed by atoms with E-state index in [0.717, 1.165) is 13.3 Å². The van der Waals surface area contributed by atoms with Crippen molar-refractivity contribution in [3.63, 3.8) is 0 Å². The summed E-state index contributed by atoms with van der Waals surface area (Å²) in [6, 6.07) is 0. The fraction of sp³-hybridized carbons (Fsp3) is 1.00. The highest BCUT2D eigenvalue weighted by Crippen LogP contribution is 1.65. The number of rotatable bonds is 0. The van der Waals surface area contributed by atoms with Crippen LogP contribution < -0.4 is 21.7 Å². The lowest BCUT2D eigenvalue weighted by Crippen LogP contribution is -2.60. The van der Waals surface area contributed by atoms with Crippen molar-refractivity contribution < 1.29 is 0 Å². The minimum Gasteiger partial charge on any atom is -0.304 e. The van der Waals surface area contributed by atoms with Crippen LogP contribution in [0.5, 0.6) is 0 Å². The molecule has 1 aliphatic heterocycles. The summed E-state index contributed by atoms with van der Waals surface area (Å²) >= 11 is 0. The average molecular weight is 102 g/mol. The standard InChI is InChI=1S/C3H10N4/c4-3-6-1-5-2-7-3/h3,5-7H,1-2,4H2. The first kappa shape index (κ1) is 4.99. The Labute approximate surface area is 42.5 Å². The Balaban J connectivity index is 2.12. The summed E-state index contributed by atoms with van der Waals surface area (Å²) in [5.74, 6) is 0. The van der Waals surface area contributed by atoms with Crippen LogP contribution in [0, 0.1) is 0 Å². The van der Waals surface area contributed by atoms with Crippen molar-refractivity contribution in [3.8, 4) is 0 Å². The third kappa shape index (κ3) is 1.40. The molecule has 4 nitrogen and oxygen atoms in total. The minimum absolute atomic E-state index is 0.0266. The summed E-state index contributed by atoms with van der Waals surface area (Å²) in [5.41, 5.74) is 5.37. The quantitative estimate of drug-likeness (QED) is 0.284. The molecule has 1 heterocycles. The van der Waals surface area contributed by atoms with Gasteiger partial charge in [-0.25, -0.2) is 0 Å². The Morgan fingerprint density at radius 1 is 1.29 bits per heavy atom. The van der Waals surface area contributed by atoms with Crippen LogP contribution in [-0.4, -0.2) is 19.6 Å². The first-order chi connectivity index (χ1) is 3.39. The molecule has 0 aromatic rings. The maximum Gasteiger partial charge on any atom is 0.111 e. The van der Waals surface area contributed by atoms with Gasteiger partial charge in [-0.1, -0.05) is 0 Å². The predicted molar refractivity (Wildman–Crippen MR) is 27.1 cm³/mol. The molecule has 0 aliphatic carbocycles. The number of hydrogen-bond donors (Lipinski definition) is 4. The molecule has 1 saturated heterocycles. The molecule has 0 radical (unpaired) electrons. The molecule has 0 aromatic heterocycles. The maximum absolute atomic E-state index is 5.37. The monoisotopic (exact) mass is 102 g/mol. The Morgan fingerprint density at radius 3 is 2.14 bits per heavy atom. The SMILES string of the molecule is NC1NCNCN1. The second kappa shape index (κ2) is 2.23.